The van der Waals surface area contributed by atoms with Gasteiger partial charge >= 0.3 is 0 Å². The maximum absolute atomic E-state index is 12.8. The minimum Gasteiger partial charge on any atom is -0.440 e. The van der Waals surface area contributed by atoms with Crippen LogP contribution in [0.5, 0.6) is 0 Å². The molecule has 1 atom stereocenters. The van der Waals surface area contributed by atoms with E-state index in [1.54, 1.807) is 4.90 Å². The molecule has 29 heavy (non-hydrogen) atoms. The Morgan fingerprint density at radius 1 is 1.21 bits per heavy atom. The van der Waals surface area contributed by atoms with Crippen molar-refractivity contribution in [3.8, 4) is 0 Å². The lowest BCUT2D eigenvalue weighted by Gasteiger charge is -2.17. The minimum absolute atomic E-state index is 0.0181. The lowest BCUT2D eigenvalue weighted by molar-refractivity contribution is -0.122. The van der Waals surface area contributed by atoms with Gasteiger partial charge in [0.25, 0.3) is 0 Å². The second kappa shape index (κ2) is 7.03. The van der Waals surface area contributed by atoms with E-state index in [9.17, 15) is 9.59 Å². The molecule has 2 fully saturated rings. The van der Waals surface area contributed by atoms with E-state index in [1.807, 2.05) is 42.5 Å². The highest BCUT2D eigenvalue weighted by Crippen LogP contribution is 2.40. The lowest BCUT2D eigenvalue weighted by atomic mass is 10.1. The van der Waals surface area contributed by atoms with Crippen molar-refractivity contribution in [3.63, 3.8) is 0 Å². The highest BCUT2D eigenvalue weighted by Gasteiger charge is 2.35. The zero-order valence-electron chi connectivity index (χ0n) is 16.4. The number of hydrogen-bond acceptors (Lipinski definition) is 4. The van der Waals surface area contributed by atoms with Crippen LogP contribution in [-0.4, -0.2) is 23.3 Å². The Balaban J connectivity index is 1.28. The van der Waals surface area contributed by atoms with Gasteiger partial charge in [0.05, 0.1) is 5.92 Å². The Bertz CT molecular complexity index is 1080. The molecular weight excluding hydrogens is 366 g/mol. The van der Waals surface area contributed by atoms with E-state index in [4.69, 9.17) is 4.42 Å². The molecule has 1 saturated carbocycles. The third kappa shape index (κ3) is 3.50. The summed E-state index contributed by atoms with van der Waals surface area (Å²) in [5.74, 6) is 0.701. The lowest BCUT2D eigenvalue weighted by Crippen LogP contribution is -2.28. The molecule has 1 unspecified atom stereocenters. The fourth-order valence-corrected chi connectivity index (χ4v) is 3.82. The monoisotopic (exact) mass is 389 g/mol. The number of aryl methyl sites for hydroxylation is 1. The zero-order valence-corrected chi connectivity index (χ0v) is 16.4. The van der Waals surface area contributed by atoms with E-state index >= 15 is 0 Å². The summed E-state index contributed by atoms with van der Waals surface area (Å²) in [6, 6.07) is 13.4. The number of rotatable bonds is 5. The quantitative estimate of drug-likeness (QED) is 0.707. The number of carbonyl (C=O) groups excluding carboxylic acids is 2. The Kier molecular flexibility index (Phi) is 4.34. The first-order chi connectivity index (χ1) is 14.1. The van der Waals surface area contributed by atoms with E-state index in [-0.39, 0.29) is 24.2 Å². The van der Waals surface area contributed by atoms with Crippen molar-refractivity contribution in [1.29, 1.82) is 0 Å². The van der Waals surface area contributed by atoms with Gasteiger partial charge in [-0.05, 0) is 55.2 Å². The second-order valence-electron chi connectivity index (χ2n) is 7.92. The van der Waals surface area contributed by atoms with Crippen molar-refractivity contribution in [2.75, 3.05) is 16.8 Å². The van der Waals surface area contributed by atoms with Crippen molar-refractivity contribution in [3.05, 3.63) is 53.9 Å². The Hall–Kier alpha value is -3.15. The highest BCUT2D eigenvalue weighted by molar-refractivity contribution is 6.03. The van der Waals surface area contributed by atoms with Crippen molar-refractivity contribution >= 4 is 34.3 Å². The van der Waals surface area contributed by atoms with Crippen molar-refractivity contribution in [2.24, 2.45) is 5.92 Å². The molecule has 5 rings (SSSR count). The topological polar surface area (TPSA) is 75.4 Å². The SMILES string of the molecule is CCc1ccc(N2CC(C(=O)Nc3ccc4oc(C5CC5)nc4c3)CC2=O)cc1. The molecule has 2 aliphatic rings. The fourth-order valence-electron chi connectivity index (χ4n) is 3.82. The van der Waals surface area contributed by atoms with Crippen LogP contribution < -0.4 is 10.2 Å². The second-order valence-corrected chi connectivity index (χ2v) is 7.92. The van der Waals surface area contributed by atoms with E-state index < -0.39 is 0 Å². The van der Waals surface area contributed by atoms with Crippen molar-refractivity contribution < 1.29 is 14.0 Å². The first-order valence-electron chi connectivity index (χ1n) is 10.2. The van der Waals surface area contributed by atoms with Crippen LogP contribution in [-0.2, 0) is 16.0 Å². The summed E-state index contributed by atoms with van der Waals surface area (Å²) < 4.78 is 5.77. The van der Waals surface area contributed by atoms with Gasteiger partial charge in [-0.25, -0.2) is 4.98 Å². The molecule has 0 spiro atoms. The number of carbonyl (C=O) groups is 2. The number of anilines is 2. The molecular formula is C23H23N3O3. The van der Waals surface area contributed by atoms with Crippen LogP contribution in [0.15, 0.2) is 46.9 Å². The maximum Gasteiger partial charge on any atom is 0.229 e. The Labute approximate surface area is 168 Å². The normalized spacial score (nSPS) is 19.1. The highest BCUT2D eigenvalue weighted by atomic mass is 16.3. The van der Waals surface area contributed by atoms with Crippen molar-refractivity contribution in [2.45, 2.75) is 38.5 Å². The van der Waals surface area contributed by atoms with Crippen LogP contribution in [0.25, 0.3) is 11.1 Å². The molecule has 1 aliphatic heterocycles. The molecule has 1 aliphatic carbocycles. The molecule has 1 aromatic heterocycles. The molecule has 2 aromatic carbocycles. The third-order valence-corrected chi connectivity index (χ3v) is 5.75. The average molecular weight is 389 g/mol. The van der Waals surface area contributed by atoms with Crippen LogP contribution in [0.3, 0.4) is 0 Å². The van der Waals surface area contributed by atoms with E-state index in [0.717, 1.165) is 41.9 Å². The summed E-state index contributed by atoms with van der Waals surface area (Å²) in [5.41, 5.74) is 4.24. The van der Waals surface area contributed by atoms with Gasteiger partial charge in [0.2, 0.25) is 11.8 Å². The number of amides is 2. The minimum atomic E-state index is -0.372. The molecule has 2 amide bonds. The number of nitrogens with one attached hydrogen (secondary N) is 1. The van der Waals surface area contributed by atoms with Gasteiger partial charge in [0.1, 0.15) is 5.52 Å². The molecule has 2 heterocycles. The van der Waals surface area contributed by atoms with Gasteiger partial charge in [0, 0.05) is 30.3 Å². The predicted octanol–water partition coefficient (Wildman–Crippen LogP) is 4.26. The smallest absolute Gasteiger partial charge is 0.229 e. The first kappa shape index (κ1) is 17.9. The summed E-state index contributed by atoms with van der Waals surface area (Å²) in [6.07, 6.45) is 3.43. The van der Waals surface area contributed by atoms with Gasteiger partial charge in [-0.1, -0.05) is 19.1 Å². The van der Waals surface area contributed by atoms with E-state index in [1.165, 1.54) is 5.56 Å². The summed E-state index contributed by atoms with van der Waals surface area (Å²) in [4.78, 5) is 31.5. The molecule has 1 saturated heterocycles. The average Bonchev–Trinajstić information content (AvgIpc) is 3.38. The van der Waals surface area contributed by atoms with Gasteiger partial charge in [0.15, 0.2) is 11.5 Å². The molecule has 6 nitrogen and oxygen atoms in total. The van der Waals surface area contributed by atoms with Gasteiger partial charge < -0.3 is 14.6 Å². The first-order valence-corrected chi connectivity index (χ1v) is 10.2. The number of fused-ring (bicyclic) bond motifs is 1. The Morgan fingerprint density at radius 3 is 2.72 bits per heavy atom. The van der Waals surface area contributed by atoms with Crippen LogP contribution in [0.1, 0.15) is 43.6 Å². The summed E-state index contributed by atoms with van der Waals surface area (Å²) in [6.45, 7) is 2.49. The molecule has 148 valence electrons. The van der Waals surface area contributed by atoms with Crippen LogP contribution in [0, 0.1) is 5.92 Å². The van der Waals surface area contributed by atoms with Crippen LogP contribution in [0.2, 0.25) is 0 Å². The number of benzene rings is 2. The molecule has 1 N–H and O–H groups in total. The van der Waals surface area contributed by atoms with Gasteiger partial charge in [-0.2, -0.15) is 0 Å². The van der Waals surface area contributed by atoms with Gasteiger partial charge in [-0.3, -0.25) is 9.59 Å². The van der Waals surface area contributed by atoms with E-state index in [0.29, 0.717) is 18.2 Å². The van der Waals surface area contributed by atoms with Crippen molar-refractivity contribution in [1.82, 2.24) is 4.98 Å². The summed E-state index contributed by atoms with van der Waals surface area (Å²) in [7, 11) is 0. The van der Waals surface area contributed by atoms with Crippen LogP contribution >= 0.6 is 0 Å². The number of hydrogen-bond donors (Lipinski definition) is 1. The number of aromatic nitrogens is 1. The molecule has 0 bridgehead atoms. The predicted molar refractivity (Wildman–Crippen MR) is 111 cm³/mol. The Morgan fingerprint density at radius 2 is 2.00 bits per heavy atom. The molecule has 6 heteroatoms. The standard InChI is InChI=1S/C23H23N3O3/c1-2-14-3-8-18(9-4-14)26-13-16(11-21(26)27)22(28)24-17-7-10-20-19(12-17)25-23(29-20)15-5-6-15/h3-4,7-10,12,15-16H,2,5-6,11,13H2,1H3,(H,24,28). The third-order valence-electron chi connectivity index (χ3n) is 5.75. The largest absolute Gasteiger partial charge is 0.440 e. The number of nitrogens with zero attached hydrogens (tertiary/aromatic N) is 2. The summed E-state index contributed by atoms with van der Waals surface area (Å²) in [5, 5.41) is 2.94. The number of oxazole rings is 1. The summed E-state index contributed by atoms with van der Waals surface area (Å²) >= 11 is 0. The molecule has 0 radical (unpaired) electrons. The molecule has 3 aromatic rings. The fraction of sp³-hybridized carbons (Fsp3) is 0.348. The van der Waals surface area contributed by atoms with E-state index in [2.05, 4.69) is 17.2 Å². The van der Waals surface area contributed by atoms with Gasteiger partial charge in [-0.15, -0.1) is 0 Å². The van der Waals surface area contributed by atoms with Crippen LogP contribution in [0.4, 0.5) is 11.4 Å². The maximum atomic E-state index is 12.8. The zero-order chi connectivity index (χ0) is 20.0.